The molecule has 2 rings (SSSR count). The second-order valence-corrected chi connectivity index (χ2v) is 4.80. The minimum Gasteiger partial charge on any atom is -0.462 e. The lowest BCUT2D eigenvalue weighted by Gasteiger charge is -2.25. The summed E-state index contributed by atoms with van der Waals surface area (Å²) >= 11 is 0. The number of benzene rings is 1. The van der Waals surface area contributed by atoms with E-state index in [0.717, 1.165) is 13.1 Å². The molecule has 0 radical (unpaired) electrons. The van der Waals surface area contributed by atoms with Crippen molar-refractivity contribution in [3.05, 3.63) is 35.9 Å². The van der Waals surface area contributed by atoms with Gasteiger partial charge < -0.3 is 4.74 Å². The maximum atomic E-state index is 11.0. The fraction of sp³-hybridized carbons (Fsp3) is 0.500. The molecule has 116 valence electrons. The molecule has 1 aliphatic heterocycles. The van der Waals surface area contributed by atoms with Crippen molar-refractivity contribution < 1.29 is 14.3 Å². The van der Waals surface area contributed by atoms with E-state index in [0.29, 0.717) is 12.2 Å². The fourth-order valence-electron chi connectivity index (χ4n) is 2.02. The molecule has 1 saturated heterocycles. The van der Waals surface area contributed by atoms with Crippen LogP contribution in [-0.4, -0.2) is 36.6 Å². The predicted molar refractivity (Wildman–Crippen MR) is 81.6 cm³/mol. The molecule has 0 aliphatic carbocycles. The van der Waals surface area contributed by atoms with Crippen molar-refractivity contribution in [3.63, 3.8) is 0 Å². The van der Waals surface area contributed by atoms with E-state index in [4.69, 9.17) is 4.74 Å². The second-order valence-electron chi connectivity index (χ2n) is 4.80. The number of amides is 1. The van der Waals surface area contributed by atoms with Crippen LogP contribution in [0.1, 0.15) is 43.5 Å². The highest BCUT2D eigenvalue weighted by Gasteiger charge is 2.09. The van der Waals surface area contributed by atoms with Gasteiger partial charge in [-0.1, -0.05) is 24.6 Å². The number of rotatable bonds is 3. The molecular weight excluding hydrogens is 268 g/mol. The van der Waals surface area contributed by atoms with Crippen molar-refractivity contribution in [1.82, 2.24) is 10.4 Å². The van der Waals surface area contributed by atoms with Gasteiger partial charge in [0.1, 0.15) is 0 Å². The molecule has 1 fully saturated rings. The Balaban J connectivity index is 0.000000211. The zero-order chi connectivity index (χ0) is 15.5. The summed E-state index contributed by atoms with van der Waals surface area (Å²) in [6.07, 6.45) is 3.72. The normalized spacial score (nSPS) is 14.6. The zero-order valence-electron chi connectivity index (χ0n) is 12.8. The van der Waals surface area contributed by atoms with Gasteiger partial charge >= 0.3 is 5.97 Å². The monoisotopic (exact) mass is 292 g/mol. The van der Waals surface area contributed by atoms with Crippen LogP contribution in [-0.2, 0) is 9.53 Å². The summed E-state index contributed by atoms with van der Waals surface area (Å²) in [6.45, 7) is 5.79. The molecule has 0 atom stereocenters. The van der Waals surface area contributed by atoms with Crippen LogP contribution in [0.25, 0.3) is 0 Å². The largest absolute Gasteiger partial charge is 0.462 e. The minimum absolute atomic E-state index is 0.0434. The third-order valence-corrected chi connectivity index (χ3v) is 2.96. The molecule has 0 unspecified atom stereocenters. The quantitative estimate of drug-likeness (QED) is 0.869. The van der Waals surface area contributed by atoms with Gasteiger partial charge in [-0.05, 0) is 31.9 Å². The lowest BCUT2D eigenvalue weighted by molar-refractivity contribution is -0.124. The Hall–Kier alpha value is -1.88. The van der Waals surface area contributed by atoms with Crippen molar-refractivity contribution in [3.8, 4) is 0 Å². The Morgan fingerprint density at radius 2 is 1.76 bits per heavy atom. The number of nitrogens with zero attached hydrogens (tertiary/aromatic N) is 1. The molecule has 0 aromatic heterocycles. The lowest BCUT2D eigenvalue weighted by Crippen LogP contribution is -2.43. The van der Waals surface area contributed by atoms with E-state index in [1.165, 1.54) is 19.3 Å². The molecule has 21 heavy (non-hydrogen) atoms. The van der Waals surface area contributed by atoms with Gasteiger partial charge in [0.15, 0.2) is 0 Å². The Labute approximate surface area is 126 Å². The van der Waals surface area contributed by atoms with Crippen LogP contribution in [0.2, 0.25) is 0 Å². The van der Waals surface area contributed by atoms with Crippen LogP contribution in [0.3, 0.4) is 0 Å². The lowest BCUT2D eigenvalue weighted by atomic mass is 10.2. The number of hydrazine groups is 1. The van der Waals surface area contributed by atoms with E-state index >= 15 is 0 Å². The van der Waals surface area contributed by atoms with Gasteiger partial charge in [-0.3, -0.25) is 10.2 Å². The summed E-state index contributed by atoms with van der Waals surface area (Å²) in [6, 6.07) is 8.96. The van der Waals surface area contributed by atoms with E-state index in [2.05, 4.69) is 5.43 Å². The van der Waals surface area contributed by atoms with E-state index in [1.54, 1.807) is 26.0 Å². The van der Waals surface area contributed by atoms with Crippen molar-refractivity contribution in [2.45, 2.75) is 33.1 Å². The summed E-state index contributed by atoms with van der Waals surface area (Å²) in [7, 11) is 0. The van der Waals surface area contributed by atoms with E-state index in [1.807, 2.05) is 23.2 Å². The van der Waals surface area contributed by atoms with Crippen molar-refractivity contribution in [2.75, 3.05) is 19.7 Å². The number of hydrogen-bond acceptors (Lipinski definition) is 4. The number of carbonyl (C=O) groups excluding carboxylic acids is 2. The first-order valence-electron chi connectivity index (χ1n) is 7.37. The third kappa shape index (κ3) is 7.46. The summed E-state index contributed by atoms with van der Waals surface area (Å²) in [5.74, 6) is -0.213. The van der Waals surface area contributed by atoms with Gasteiger partial charge in [0, 0.05) is 20.0 Å². The zero-order valence-corrected chi connectivity index (χ0v) is 12.8. The van der Waals surface area contributed by atoms with Gasteiger partial charge in [0.25, 0.3) is 0 Å². The Morgan fingerprint density at radius 3 is 2.29 bits per heavy atom. The van der Waals surface area contributed by atoms with Gasteiger partial charge in [0.2, 0.25) is 5.91 Å². The summed E-state index contributed by atoms with van der Waals surface area (Å²) in [4.78, 5) is 21.6. The molecule has 1 amide bonds. The predicted octanol–water partition coefficient (Wildman–Crippen LogP) is 2.39. The average molecular weight is 292 g/mol. The highest BCUT2D eigenvalue weighted by molar-refractivity contribution is 5.89. The van der Waals surface area contributed by atoms with E-state index < -0.39 is 0 Å². The van der Waals surface area contributed by atoms with Gasteiger partial charge in [-0.15, -0.1) is 0 Å². The van der Waals surface area contributed by atoms with Crippen LogP contribution in [0.15, 0.2) is 30.3 Å². The Kier molecular flexibility index (Phi) is 8.12. The molecule has 1 heterocycles. The maximum absolute atomic E-state index is 11.0. The average Bonchev–Trinajstić information content (AvgIpc) is 2.49. The van der Waals surface area contributed by atoms with Crippen LogP contribution in [0.4, 0.5) is 0 Å². The van der Waals surface area contributed by atoms with Gasteiger partial charge in [-0.25, -0.2) is 9.80 Å². The number of carbonyl (C=O) groups is 2. The van der Waals surface area contributed by atoms with Crippen LogP contribution in [0, 0.1) is 0 Å². The van der Waals surface area contributed by atoms with Crippen molar-refractivity contribution in [2.24, 2.45) is 0 Å². The molecule has 0 bridgehead atoms. The minimum atomic E-state index is -0.256. The molecule has 5 nitrogen and oxygen atoms in total. The number of ether oxygens (including phenoxy) is 1. The highest BCUT2D eigenvalue weighted by Crippen LogP contribution is 2.05. The van der Waals surface area contributed by atoms with Gasteiger partial charge in [0.05, 0.1) is 12.2 Å². The number of nitrogens with one attached hydrogen (secondary N) is 1. The van der Waals surface area contributed by atoms with Crippen LogP contribution < -0.4 is 5.43 Å². The topological polar surface area (TPSA) is 58.6 Å². The standard InChI is InChI=1S/C9H10O2.C7H14N2O/c1-2-11-9(10)8-6-4-3-5-7-8;1-7(10)8-9-5-3-2-4-6-9/h3-7H,2H2,1H3;2-6H2,1H3,(H,8,10). The molecular formula is C16H24N2O3. The first-order chi connectivity index (χ1) is 10.1. The van der Waals surface area contributed by atoms with E-state index in [-0.39, 0.29) is 11.9 Å². The summed E-state index contributed by atoms with van der Waals surface area (Å²) in [5, 5.41) is 1.99. The van der Waals surface area contributed by atoms with Crippen LogP contribution in [0.5, 0.6) is 0 Å². The highest BCUT2D eigenvalue weighted by atomic mass is 16.5. The molecule has 1 N–H and O–H groups in total. The third-order valence-electron chi connectivity index (χ3n) is 2.96. The molecule has 5 heteroatoms. The number of esters is 1. The van der Waals surface area contributed by atoms with Crippen molar-refractivity contribution in [1.29, 1.82) is 0 Å². The van der Waals surface area contributed by atoms with E-state index in [9.17, 15) is 9.59 Å². The van der Waals surface area contributed by atoms with Crippen LogP contribution >= 0.6 is 0 Å². The molecule has 1 aliphatic rings. The smallest absolute Gasteiger partial charge is 0.338 e. The molecule has 0 spiro atoms. The Morgan fingerprint density at radius 1 is 1.14 bits per heavy atom. The second kappa shape index (κ2) is 9.94. The Bertz CT molecular complexity index is 428. The summed E-state index contributed by atoms with van der Waals surface area (Å²) < 4.78 is 4.79. The van der Waals surface area contributed by atoms with Crippen molar-refractivity contribution >= 4 is 11.9 Å². The number of piperidine rings is 1. The van der Waals surface area contributed by atoms with Gasteiger partial charge in [-0.2, -0.15) is 0 Å². The first-order valence-corrected chi connectivity index (χ1v) is 7.37. The molecule has 1 aromatic rings. The SMILES string of the molecule is CC(=O)NN1CCCCC1.CCOC(=O)c1ccccc1. The maximum Gasteiger partial charge on any atom is 0.338 e. The molecule has 1 aromatic carbocycles. The number of hydrogen-bond donors (Lipinski definition) is 1. The first kappa shape index (κ1) is 17.2. The summed E-state index contributed by atoms with van der Waals surface area (Å²) in [5.41, 5.74) is 3.38. The molecule has 0 saturated carbocycles. The fourth-order valence-corrected chi connectivity index (χ4v) is 2.02.